The number of carbonyl (C=O) groups is 2. The highest BCUT2D eigenvalue weighted by Crippen LogP contribution is 2.25. The Bertz CT molecular complexity index is 478. The molecule has 7 heteroatoms. The van der Waals surface area contributed by atoms with Crippen molar-refractivity contribution in [1.29, 1.82) is 0 Å². The second kappa shape index (κ2) is 6.51. The van der Waals surface area contributed by atoms with E-state index in [1.165, 1.54) is 18.2 Å². The topological polar surface area (TPSA) is 89.8 Å². The van der Waals surface area contributed by atoms with Crippen LogP contribution < -0.4 is 0 Å². The highest BCUT2D eigenvalue weighted by atomic mass is 16.6. The predicted molar refractivity (Wildman–Crippen MR) is 76.2 cm³/mol. The summed E-state index contributed by atoms with van der Waals surface area (Å²) < 4.78 is 5.19. The van der Waals surface area contributed by atoms with Gasteiger partial charge in [-0.1, -0.05) is 12.2 Å². The van der Waals surface area contributed by atoms with Gasteiger partial charge in [-0.2, -0.15) is 0 Å². The number of hydrogen-bond acceptors (Lipinski definition) is 5. The van der Waals surface area contributed by atoms with Gasteiger partial charge in [0.25, 0.3) is 5.91 Å². The monoisotopic (exact) mass is 296 g/mol. The van der Waals surface area contributed by atoms with Crippen LogP contribution in [0.25, 0.3) is 0 Å². The number of nitro groups is 1. The van der Waals surface area contributed by atoms with Crippen LogP contribution >= 0.6 is 0 Å². The molecule has 0 saturated carbocycles. The quantitative estimate of drug-likeness (QED) is 0.440. The molecule has 0 spiro atoms. The fraction of sp³-hybridized carbons (Fsp3) is 0.571. The minimum atomic E-state index is -0.792. The van der Waals surface area contributed by atoms with Crippen molar-refractivity contribution in [1.82, 2.24) is 4.90 Å². The lowest BCUT2D eigenvalue weighted by atomic mass is 9.96. The lowest BCUT2D eigenvalue weighted by Gasteiger charge is -2.29. The number of rotatable bonds is 5. The first-order valence-electron chi connectivity index (χ1n) is 6.62. The van der Waals surface area contributed by atoms with Gasteiger partial charge in [0.15, 0.2) is 0 Å². The van der Waals surface area contributed by atoms with Gasteiger partial charge >= 0.3 is 6.09 Å². The average molecular weight is 296 g/mol. The summed E-state index contributed by atoms with van der Waals surface area (Å²) in [7, 11) is 0. The molecule has 2 amide bonds. The van der Waals surface area contributed by atoms with E-state index in [0.717, 1.165) is 4.90 Å². The molecule has 0 unspecified atom stereocenters. The number of hydrogen-bond donors (Lipinski definition) is 0. The minimum Gasteiger partial charge on any atom is -0.443 e. The van der Waals surface area contributed by atoms with Gasteiger partial charge in [0.2, 0.25) is 6.54 Å². The molecular weight excluding hydrogens is 276 g/mol. The SMILES string of the molecule is C=CC[C@H](C[N+](=O)[O-])[C@H]1C=CC(=O)N1C(=O)OC(C)(C)C. The molecule has 0 aromatic heterocycles. The number of imide groups is 1. The zero-order valence-corrected chi connectivity index (χ0v) is 12.4. The molecule has 1 rings (SSSR count). The molecule has 7 nitrogen and oxygen atoms in total. The first-order valence-corrected chi connectivity index (χ1v) is 6.62. The Balaban J connectivity index is 2.94. The van der Waals surface area contributed by atoms with Gasteiger partial charge in [-0.3, -0.25) is 14.9 Å². The fourth-order valence-electron chi connectivity index (χ4n) is 2.11. The van der Waals surface area contributed by atoms with E-state index in [9.17, 15) is 19.7 Å². The van der Waals surface area contributed by atoms with Crippen molar-refractivity contribution in [3.8, 4) is 0 Å². The highest BCUT2D eigenvalue weighted by molar-refractivity contribution is 6.01. The summed E-state index contributed by atoms with van der Waals surface area (Å²) in [4.78, 5) is 35.2. The zero-order chi connectivity index (χ0) is 16.2. The highest BCUT2D eigenvalue weighted by Gasteiger charge is 2.40. The van der Waals surface area contributed by atoms with Crippen LogP contribution in [-0.4, -0.2) is 40.0 Å². The molecule has 1 heterocycles. The maximum atomic E-state index is 12.1. The zero-order valence-electron chi connectivity index (χ0n) is 12.4. The van der Waals surface area contributed by atoms with E-state index < -0.39 is 34.5 Å². The molecular formula is C14H20N2O5. The van der Waals surface area contributed by atoms with Crippen LogP contribution in [0, 0.1) is 16.0 Å². The molecule has 0 aromatic rings. The number of carbonyl (C=O) groups excluding carboxylic acids is 2. The van der Waals surface area contributed by atoms with Crippen molar-refractivity contribution in [2.45, 2.75) is 38.8 Å². The van der Waals surface area contributed by atoms with E-state index in [-0.39, 0.29) is 6.54 Å². The van der Waals surface area contributed by atoms with Crippen molar-refractivity contribution in [3.63, 3.8) is 0 Å². The van der Waals surface area contributed by atoms with E-state index in [1.54, 1.807) is 20.8 Å². The Morgan fingerprint density at radius 1 is 1.62 bits per heavy atom. The van der Waals surface area contributed by atoms with E-state index in [0.29, 0.717) is 6.42 Å². The smallest absolute Gasteiger partial charge is 0.417 e. The summed E-state index contributed by atoms with van der Waals surface area (Å²) in [6.45, 7) is 8.27. The summed E-state index contributed by atoms with van der Waals surface area (Å²) in [6, 6.07) is -0.684. The van der Waals surface area contributed by atoms with Gasteiger partial charge in [-0.15, -0.1) is 6.58 Å². The second-order valence-corrected chi connectivity index (χ2v) is 5.84. The molecule has 0 aliphatic carbocycles. The summed E-state index contributed by atoms with van der Waals surface area (Å²) in [5, 5.41) is 10.8. The maximum Gasteiger partial charge on any atom is 0.417 e. The van der Waals surface area contributed by atoms with Gasteiger partial charge < -0.3 is 4.74 Å². The molecule has 2 atom stereocenters. The van der Waals surface area contributed by atoms with Gasteiger partial charge in [-0.25, -0.2) is 9.69 Å². The third-order valence-electron chi connectivity index (χ3n) is 2.90. The van der Waals surface area contributed by atoms with Crippen molar-refractivity contribution in [2.24, 2.45) is 5.92 Å². The van der Waals surface area contributed by atoms with E-state index in [2.05, 4.69) is 6.58 Å². The molecule has 0 saturated heterocycles. The van der Waals surface area contributed by atoms with Crippen LogP contribution in [0.2, 0.25) is 0 Å². The lowest BCUT2D eigenvalue weighted by molar-refractivity contribution is -0.488. The van der Waals surface area contributed by atoms with Crippen molar-refractivity contribution >= 4 is 12.0 Å². The third kappa shape index (κ3) is 4.70. The first kappa shape index (κ1) is 16.9. The normalized spacial score (nSPS) is 19.5. The Hall–Kier alpha value is -2.18. The van der Waals surface area contributed by atoms with Crippen LogP contribution in [0.4, 0.5) is 4.79 Å². The summed E-state index contributed by atoms with van der Waals surface area (Å²) in [6.07, 6.45) is 3.81. The minimum absolute atomic E-state index is 0.322. The predicted octanol–water partition coefficient (Wildman–Crippen LogP) is 2.16. The van der Waals surface area contributed by atoms with Gasteiger partial charge in [0.1, 0.15) is 5.60 Å². The fourth-order valence-corrected chi connectivity index (χ4v) is 2.11. The van der Waals surface area contributed by atoms with Crippen molar-refractivity contribution in [3.05, 3.63) is 34.9 Å². The van der Waals surface area contributed by atoms with Crippen LogP contribution in [0.1, 0.15) is 27.2 Å². The van der Waals surface area contributed by atoms with Crippen molar-refractivity contribution in [2.75, 3.05) is 6.54 Å². The van der Waals surface area contributed by atoms with Gasteiger partial charge in [0.05, 0.1) is 12.0 Å². The summed E-state index contributed by atoms with van der Waals surface area (Å²) in [5.41, 5.74) is -0.748. The Kier molecular flexibility index (Phi) is 5.23. The van der Waals surface area contributed by atoms with Gasteiger partial charge in [0, 0.05) is 11.0 Å². The standard InChI is InChI=1S/C14H20N2O5/c1-5-6-10(9-15(19)20)11-7-8-12(17)16(11)13(18)21-14(2,3)4/h5,7-8,10-11H,1,6,9H2,2-4H3/t10-,11-/m1/s1. The Morgan fingerprint density at radius 3 is 2.71 bits per heavy atom. The Morgan fingerprint density at radius 2 is 2.24 bits per heavy atom. The van der Waals surface area contributed by atoms with E-state index >= 15 is 0 Å². The summed E-state index contributed by atoms with van der Waals surface area (Å²) in [5.74, 6) is -1.04. The number of nitrogens with zero attached hydrogens (tertiary/aromatic N) is 2. The molecule has 116 valence electrons. The van der Waals surface area contributed by atoms with Crippen LogP contribution in [0.3, 0.4) is 0 Å². The molecule has 0 N–H and O–H groups in total. The van der Waals surface area contributed by atoms with Crippen LogP contribution in [0.5, 0.6) is 0 Å². The van der Waals surface area contributed by atoms with Gasteiger partial charge in [-0.05, 0) is 27.2 Å². The first-order chi connectivity index (χ1) is 9.65. The van der Waals surface area contributed by atoms with E-state index in [1.807, 2.05) is 0 Å². The molecule has 21 heavy (non-hydrogen) atoms. The molecule has 0 fully saturated rings. The molecule has 1 aliphatic rings. The number of amides is 2. The van der Waals surface area contributed by atoms with E-state index in [4.69, 9.17) is 4.74 Å². The van der Waals surface area contributed by atoms with Crippen LogP contribution in [0.15, 0.2) is 24.8 Å². The summed E-state index contributed by atoms with van der Waals surface area (Å²) >= 11 is 0. The molecule has 0 aromatic carbocycles. The Labute approximate surface area is 123 Å². The second-order valence-electron chi connectivity index (χ2n) is 5.84. The lowest BCUT2D eigenvalue weighted by Crippen LogP contribution is -2.47. The third-order valence-corrected chi connectivity index (χ3v) is 2.90. The van der Waals surface area contributed by atoms with Crippen LogP contribution in [-0.2, 0) is 9.53 Å². The molecule has 0 bridgehead atoms. The number of ether oxygens (including phenoxy) is 1. The van der Waals surface area contributed by atoms with Crippen molar-refractivity contribution < 1.29 is 19.2 Å². The number of allylic oxidation sites excluding steroid dienone is 1. The average Bonchev–Trinajstić information content (AvgIpc) is 2.67. The maximum absolute atomic E-state index is 12.1. The molecule has 1 aliphatic heterocycles. The largest absolute Gasteiger partial charge is 0.443 e. The molecule has 0 radical (unpaired) electrons.